The van der Waals surface area contributed by atoms with Crippen LogP contribution in [-0.4, -0.2) is 31.9 Å². The molecule has 4 nitrogen and oxygen atoms in total. The third-order valence-electron chi connectivity index (χ3n) is 2.43. The highest BCUT2D eigenvalue weighted by Crippen LogP contribution is 2.12. The highest BCUT2D eigenvalue weighted by Gasteiger charge is 2.24. The first-order valence-corrected chi connectivity index (χ1v) is 6.71. The maximum absolute atomic E-state index is 11.8. The van der Waals surface area contributed by atoms with Crippen molar-refractivity contribution in [3.05, 3.63) is 0 Å². The molecule has 1 fully saturated rings. The second-order valence-corrected chi connectivity index (χ2v) is 5.59. The Hall–Kier alpha value is -0.570. The fraction of sp³-hybridized carbons (Fsp3) is 0.800. The predicted molar refractivity (Wildman–Crippen MR) is 60.4 cm³/mol. The maximum atomic E-state index is 11.8. The van der Waals surface area contributed by atoms with E-state index in [1.807, 2.05) is 0 Å². The lowest BCUT2D eigenvalue weighted by Crippen LogP contribution is -2.46. The smallest absolute Gasteiger partial charge is 0.198 e. The summed E-state index contributed by atoms with van der Waals surface area (Å²) in [5.41, 5.74) is 0. The van der Waals surface area contributed by atoms with Crippen LogP contribution in [0.2, 0.25) is 0 Å². The summed E-state index contributed by atoms with van der Waals surface area (Å²) < 4.78 is 27.7. The molecule has 0 radical (unpaired) electrons. The largest absolute Gasteiger partial charge is 0.279 e. The molecule has 1 saturated heterocycles. The average molecular weight is 230 g/mol. The van der Waals surface area contributed by atoms with Gasteiger partial charge in [0.25, 0.3) is 10.2 Å². The Morgan fingerprint density at radius 1 is 1.40 bits per heavy atom. The molecular formula is C10H18N2O2S. The molecule has 0 aliphatic carbocycles. The maximum Gasteiger partial charge on any atom is 0.279 e. The number of hydrogen-bond acceptors (Lipinski definition) is 2. The standard InChI is InChI=1S/C10H18N2O2S/c1-3-7-10(2)11-15(13,14)12-8-5-4-6-9-12/h1,10-11H,4-9H2,2H3. The van der Waals surface area contributed by atoms with Crippen LogP contribution in [0.15, 0.2) is 0 Å². The Balaban J connectivity index is 2.54. The first-order valence-electron chi connectivity index (χ1n) is 5.27. The van der Waals surface area contributed by atoms with Gasteiger partial charge in [-0.05, 0) is 19.8 Å². The van der Waals surface area contributed by atoms with Gasteiger partial charge in [-0.2, -0.15) is 17.4 Å². The lowest BCUT2D eigenvalue weighted by molar-refractivity contribution is 0.339. The molecule has 1 aliphatic rings. The van der Waals surface area contributed by atoms with Crippen molar-refractivity contribution in [3.8, 4) is 12.3 Å². The van der Waals surface area contributed by atoms with Gasteiger partial charge in [0.1, 0.15) is 0 Å². The van der Waals surface area contributed by atoms with E-state index in [1.165, 1.54) is 4.31 Å². The third kappa shape index (κ3) is 3.82. The Morgan fingerprint density at radius 3 is 2.53 bits per heavy atom. The van der Waals surface area contributed by atoms with Gasteiger partial charge in [-0.3, -0.25) is 0 Å². The van der Waals surface area contributed by atoms with Crippen LogP contribution in [0.5, 0.6) is 0 Å². The third-order valence-corrected chi connectivity index (χ3v) is 4.17. The van der Waals surface area contributed by atoms with Gasteiger partial charge in [0, 0.05) is 25.6 Å². The van der Waals surface area contributed by atoms with Gasteiger partial charge in [-0.1, -0.05) is 6.42 Å². The van der Waals surface area contributed by atoms with Crippen LogP contribution < -0.4 is 4.72 Å². The van der Waals surface area contributed by atoms with E-state index in [2.05, 4.69) is 10.6 Å². The predicted octanol–water partition coefficient (Wildman–Crippen LogP) is 0.718. The summed E-state index contributed by atoms with van der Waals surface area (Å²) in [6.45, 7) is 3.03. The highest BCUT2D eigenvalue weighted by atomic mass is 32.2. The van der Waals surface area contributed by atoms with Crippen molar-refractivity contribution in [2.75, 3.05) is 13.1 Å². The zero-order valence-corrected chi connectivity index (χ0v) is 9.89. The van der Waals surface area contributed by atoms with Gasteiger partial charge < -0.3 is 0 Å². The molecule has 15 heavy (non-hydrogen) atoms. The molecule has 1 heterocycles. The van der Waals surface area contributed by atoms with Crippen LogP contribution in [0.25, 0.3) is 0 Å². The molecule has 0 spiro atoms. The van der Waals surface area contributed by atoms with Gasteiger partial charge in [0.05, 0.1) is 0 Å². The van der Waals surface area contributed by atoms with Gasteiger partial charge in [-0.25, -0.2) is 0 Å². The minimum absolute atomic E-state index is 0.193. The van der Waals surface area contributed by atoms with E-state index in [9.17, 15) is 8.42 Å². The second kappa shape index (κ2) is 5.50. The molecule has 5 heteroatoms. The molecule has 0 amide bonds. The molecule has 1 unspecified atom stereocenters. The van der Waals surface area contributed by atoms with Gasteiger partial charge in [0.15, 0.2) is 0 Å². The molecule has 1 aliphatic heterocycles. The lowest BCUT2D eigenvalue weighted by Gasteiger charge is -2.27. The van der Waals surface area contributed by atoms with Crippen LogP contribution in [0.3, 0.4) is 0 Å². The molecule has 0 aromatic rings. The van der Waals surface area contributed by atoms with Crippen molar-refractivity contribution < 1.29 is 8.42 Å². The normalized spacial score (nSPS) is 20.8. The van der Waals surface area contributed by atoms with E-state index in [0.29, 0.717) is 19.5 Å². The average Bonchev–Trinajstić information content (AvgIpc) is 2.18. The Morgan fingerprint density at radius 2 is 2.00 bits per heavy atom. The molecule has 1 rings (SSSR count). The molecular weight excluding hydrogens is 212 g/mol. The number of piperidine rings is 1. The molecule has 1 N–H and O–H groups in total. The first-order chi connectivity index (χ1) is 7.06. The summed E-state index contributed by atoms with van der Waals surface area (Å²) in [7, 11) is -3.32. The Labute approximate surface area is 92.2 Å². The summed E-state index contributed by atoms with van der Waals surface area (Å²) in [5, 5.41) is 0. The zero-order valence-electron chi connectivity index (χ0n) is 9.07. The van der Waals surface area contributed by atoms with Gasteiger partial charge >= 0.3 is 0 Å². The van der Waals surface area contributed by atoms with Gasteiger partial charge in [-0.15, -0.1) is 12.3 Å². The van der Waals surface area contributed by atoms with Crippen LogP contribution >= 0.6 is 0 Å². The number of hydrogen-bond donors (Lipinski definition) is 1. The Kier molecular flexibility index (Phi) is 4.58. The fourth-order valence-corrected chi connectivity index (χ4v) is 3.13. The first kappa shape index (κ1) is 12.5. The summed E-state index contributed by atoms with van der Waals surface area (Å²) in [5.74, 6) is 2.45. The van der Waals surface area contributed by atoms with Gasteiger partial charge in [0.2, 0.25) is 0 Å². The minimum Gasteiger partial charge on any atom is -0.198 e. The Bertz CT molecular complexity index is 326. The SMILES string of the molecule is C#CCC(C)NS(=O)(=O)N1CCCCC1. The van der Waals surface area contributed by atoms with Crippen molar-refractivity contribution >= 4 is 10.2 Å². The molecule has 0 aromatic carbocycles. The van der Waals surface area contributed by atoms with Crippen molar-refractivity contribution in [3.63, 3.8) is 0 Å². The topological polar surface area (TPSA) is 49.4 Å². The van der Waals surface area contributed by atoms with E-state index in [0.717, 1.165) is 19.3 Å². The van der Waals surface area contributed by atoms with E-state index in [-0.39, 0.29) is 6.04 Å². The molecule has 1 atom stereocenters. The number of terminal acetylenes is 1. The number of nitrogens with zero attached hydrogens (tertiary/aromatic N) is 1. The van der Waals surface area contributed by atoms with Crippen LogP contribution in [-0.2, 0) is 10.2 Å². The molecule has 0 aromatic heterocycles. The van der Waals surface area contributed by atoms with E-state index in [1.54, 1.807) is 6.92 Å². The summed E-state index contributed by atoms with van der Waals surface area (Å²) >= 11 is 0. The quantitative estimate of drug-likeness (QED) is 0.723. The summed E-state index contributed by atoms with van der Waals surface area (Å²) in [6.07, 6.45) is 8.57. The second-order valence-electron chi connectivity index (χ2n) is 3.89. The van der Waals surface area contributed by atoms with E-state index in [4.69, 9.17) is 6.42 Å². The monoisotopic (exact) mass is 230 g/mol. The van der Waals surface area contributed by atoms with Crippen LogP contribution in [0.4, 0.5) is 0 Å². The molecule has 0 saturated carbocycles. The van der Waals surface area contributed by atoms with E-state index >= 15 is 0 Å². The van der Waals surface area contributed by atoms with Crippen molar-refractivity contribution in [1.29, 1.82) is 0 Å². The van der Waals surface area contributed by atoms with Crippen LogP contribution in [0, 0.1) is 12.3 Å². The molecule has 0 bridgehead atoms. The number of nitrogens with one attached hydrogen (secondary N) is 1. The lowest BCUT2D eigenvalue weighted by atomic mass is 10.2. The van der Waals surface area contributed by atoms with Crippen molar-refractivity contribution in [2.45, 2.75) is 38.6 Å². The molecule has 86 valence electrons. The van der Waals surface area contributed by atoms with Crippen molar-refractivity contribution in [1.82, 2.24) is 9.03 Å². The zero-order chi connectivity index (χ0) is 11.3. The summed E-state index contributed by atoms with van der Waals surface area (Å²) in [6, 6.07) is -0.193. The van der Waals surface area contributed by atoms with Crippen molar-refractivity contribution in [2.24, 2.45) is 0 Å². The highest BCUT2D eigenvalue weighted by molar-refractivity contribution is 7.87. The fourth-order valence-electron chi connectivity index (χ4n) is 1.65. The number of rotatable bonds is 4. The van der Waals surface area contributed by atoms with E-state index < -0.39 is 10.2 Å². The minimum atomic E-state index is -3.32. The summed E-state index contributed by atoms with van der Waals surface area (Å²) in [4.78, 5) is 0. The van der Waals surface area contributed by atoms with Crippen LogP contribution in [0.1, 0.15) is 32.6 Å².